The van der Waals surface area contributed by atoms with Crippen molar-refractivity contribution in [2.24, 2.45) is 5.92 Å². The molecule has 0 fully saturated rings. The molecule has 0 saturated carbocycles. The Morgan fingerprint density at radius 3 is 1.70 bits per heavy atom. The number of hydrogen-bond donors (Lipinski definition) is 1. The predicted molar refractivity (Wildman–Crippen MR) is 92.9 cm³/mol. The largest absolute Gasteiger partial charge is 0.356 e. The lowest BCUT2D eigenvalue weighted by atomic mass is 10.1. The van der Waals surface area contributed by atoms with Gasteiger partial charge in [0.1, 0.15) is 0 Å². The van der Waals surface area contributed by atoms with E-state index >= 15 is 0 Å². The zero-order valence-corrected chi connectivity index (χ0v) is 16.0. The molecule has 0 unspecified atom stereocenters. The third kappa shape index (κ3) is 5.59. The molecule has 3 heteroatoms. The van der Waals surface area contributed by atoms with Gasteiger partial charge in [-0.15, -0.1) is 0 Å². The maximum atomic E-state index is 11.8. The molecule has 0 heterocycles. The van der Waals surface area contributed by atoms with Gasteiger partial charge in [0.15, 0.2) is 0 Å². The summed E-state index contributed by atoms with van der Waals surface area (Å²) in [5.74, 6) is 0.842. The van der Waals surface area contributed by atoms with Crippen LogP contribution in [-0.4, -0.2) is 20.5 Å². The van der Waals surface area contributed by atoms with Gasteiger partial charge in [-0.3, -0.25) is 4.79 Å². The molecule has 0 bridgehead atoms. The molecule has 0 aromatic heterocycles. The maximum absolute atomic E-state index is 11.8. The van der Waals surface area contributed by atoms with Crippen LogP contribution in [0.4, 0.5) is 0 Å². The Kier molecular flexibility index (Phi) is 8.72. The molecule has 0 aliphatic carbocycles. The van der Waals surface area contributed by atoms with Crippen molar-refractivity contribution in [1.29, 1.82) is 0 Å². The fourth-order valence-corrected chi connectivity index (χ4v) is 10.1. The number of rotatable bonds is 9. The Hall–Kier alpha value is -0.313. The standard InChI is InChI=1S/C17H37NOSi/c1-13(2)9-10-17(19)18-11-12-20(14(3)4,15(5)6)16(7)8/h13-16H,9-12H2,1-8H3,(H,18,19). The lowest BCUT2D eigenvalue weighted by molar-refractivity contribution is -0.121. The molecule has 0 radical (unpaired) electrons. The van der Waals surface area contributed by atoms with Crippen LogP contribution in [0.25, 0.3) is 0 Å². The summed E-state index contributed by atoms with van der Waals surface area (Å²) in [7, 11) is -1.35. The van der Waals surface area contributed by atoms with E-state index in [0.717, 1.165) is 29.6 Å². The monoisotopic (exact) mass is 299 g/mol. The van der Waals surface area contributed by atoms with E-state index in [9.17, 15) is 4.79 Å². The van der Waals surface area contributed by atoms with Crippen molar-refractivity contribution in [3.05, 3.63) is 0 Å². The quantitative estimate of drug-likeness (QED) is 0.581. The first-order chi connectivity index (χ1) is 9.14. The van der Waals surface area contributed by atoms with Gasteiger partial charge in [-0.25, -0.2) is 0 Å². The summed E-state index contributed by atoms with van der Waals surface area (Å²) in [5, 5.41) is 3.15. The van der Waals surface area contributed by atoms with E-state index in [-0.39, 0.29) is 5.91 Å². The van der Waals surface area contributed by atoms with Gasteiger partial charge >= 0.3 is 0 Å². The Bertz CT molecular complexity index is 263. The molecular formula is C17H37NOSi. The highest BCUT2D eigenvalue weighted by molar-refractivity contribution is 6.83. The molecule has 0 aliphatic heterocycles. The summed E-state index contributed by atoms with van der Waals surface area (Å²) >= 11 is 0. The van der Waals surface area contributed by atoms with E-state index in [1.54, 1.807) is 0 Å². The van der Waals surface area contributed by atoms with Crippen molar-refractivity contribution < 1.29 is 4.79 Å². The Morgan fingerprint density at radius 1 is 0.900 bits per heavy atom. The van der Waals surface area contributed by atoms with Gasteiger partial charge in [-0.1, -0.05) is 72.0 Å². The minimum Gasteiger partial charge on any atom is -0.356 e. The molecule has 1 amide bonds. The zero-order chi connectivity index (χ0) is 15.9. The highest BCUT2D eigenvalue weighted by Gasteiger charge is 2.41. The average Bonchev–Trinajstić information content (AvgIpc) is 2.30. The van der Waals surface area contributed by atoms with E-state index in [4.69, 9.17) is 0 Å². The molecule has 0 aromatic carbocycles. The molecule has 0 saturated heterocycles. The van der Waals surface area contributed by atoms with Crippen molar-refractivity contribution in [2.45, 2.75) is 90.9 Å². The van der Waals surface area contributed by atoms with E-state index in [1.807, 2.05) is 0 Å². The molecule has 120 valence electrons. The van der Waals surface area contributed by atoms with Crippen LogP contribution >= 0.6 is 0 Å². The number of amides is 1. The molecule has 0 rings (SSSR count). The third-order valence-corrected chi connectivity index (χ3v) is 12.6. The lowest BCUT2D eigenvalue weighted by Crippen LogP contribution is -2.46. The normalized spacial score (nSPS) is 12.8. The number of carbonyl (C=O) groups excluding carboxylic acids is 1. The predicted octanol–water partition coefficient (Wildman–Crippen LogP) is 5.22. The van der Waals surface area contributed by atoms with Crippen LogP contribution in [0, 0.1) is 5.92 Å². The van der Waals surface area contributed by atoms with Gasteiger partial charge < -0.3 is 5.32 Å². The van der Waals surface area contributed by atoms with Gasteiger partial charge in [0.05, 0.1) is 8.07 Å². The summed E-state index contributed by atoms with van der Waals surface area (Å²) in [6.45, 7) is 19.5. The van der Waals surface area contributed by atoms with Crippen molar-refractivity contribution in [3.63, 3.8) is 0 Å². The SMILES string of the molecule is CC(C)CCC(=O)NCC[Si](C(C)C)(C(C)C)C(C)C. The molecule has 1 N–H and O–H groups in total. The lowest BCUT2D eigenvalue weighted by Gasteiger charge is -2.43. The smallest absolute Gasteiger partial charge is 0.219 e. The molecule has 0 spiro atoms. The third-order valence-electron chi connectivity index (χ3n) is 5.05. The number of hydrogen-bond acceptors (Lipinski definition) is 1. The number of nitrogens with one attached hydrogen (secondary N) is 1. The summed E-state index contributed by atoms with van der Waals surface area (Å²) in [6.07, 6.45) is 1.67. The minimum absolute atomic E-state index is 0.234. The van der Waals surface area contributed by atoms with Crippen molar-refractivity contribution in [1.82, 2.24) is 5.32 Å². The fourth-order valence-electron chi connectivity index (χ4n) is 3.79. The van der Waals surface area contributed by atoms with Crippen LogP contribution < -0.4 is 5.32 Å². The van der Waals surface area contributed by atoms with Crippen LogP contribution in [0.3, 0.4) is 0 Å². The summed E-state index contributed by atoms with van der Waals surface area (Å²) in [4.78, 5) is 11.8. The van der Waals surface area contributed by atoms with Crippen LogP contribution in [0.1, 0.15) is 68.2 Å². The second-order valence-electron chi connectivity index (χ2n) is 7.61. The Labute approximate surface area is 128 Å². The molecular weight excluding hydrogens is 262 g/mol. The van der Waals surface area contributed by atoms with E-state index in [1.165, 1.54) is 6.04 Å². The van der Waals surface area contributed by atoms with Crippen LogP contribution in [0.2, 0.25) is 22.7 Å². The van der Waals surface area contributed by atoms with Gasteiger partial charge in [-0.2, -0.15) is 0 Å². The van der Waals surface area contributed by atoms with Crippen LogP contribution in [-0.2, 0) is 4.79 Å². The minimum atomic E-state index is -1.35. The number of carbonyl (C=O) groups is 1. The molecule has 2 nitrogen and oxygen atoms in total. The van der Waals surface area contributed by atoms with Crippen molar-refractivity contribution >= 4 is 14.0 Å². The van der Waals surface area contributed by atoms with Gasteiger partial charge in [-0.05, 0) is 18.4 Å². The van der Waals surface area contributed by atoms with Crippen LogP contribution in [0.15, 0.2) is 0 Å². The van der Waals surface area contributed by atoms with Crippen molar-refractivity contribution in [2.75, 3.05) is 6.54 Å². The first kappa shape index (κ1) is 19.7. The fraction of sp³-hybridized carbons (Fsp3) is 0.941. The van der Waals surface area contributed by atoms with Crippen molar-refractivity contribution in [3.8, 4) is 0 Å². The van der Waals surface area contributed by atoms with Crippen LogP contribution in [0.5, 0.6) is 0 Å². The second kappa shape index (κ2) is 8.86. The average molecular weight is 300 g/mol. The first-order valence-electron chi connectivity index (χ1n) is 8.41. The molecule has 20 heavy (non-hydrogen) atoms. The summed E-state index contributed by atoms with van der Waals surface area (Å²) < 4.78 is 0. The van der Waals surface area contributed by atoms with Gasteiger partial charge in [0.25, 0.3) is 0 Å². The summed E-state index contributed by atoms with van der Waals surface area (Å²) in [5.41, 5.74) is 2.32. The van der Waals surface area contributed by atoms with E-state index in [2.05, 4.69) is 60.7 Å². The summed E-state index contributed by atoms with van der Waals surface area (Å²) in [6, 6.07) is 1.22. The Balaban J connectivity index is 4.46. The van der Waals surface area contributed by atoms with Gasteiger partial charge in [0, 0.05) is 13.0 Å². The topological polar surface area (TPSA) is 29.1 Å². The zero-order valence-electron chi connectivity index (χ0n) is 15.0. The molecule has 0 atom stereocenters. The molecule has 0 aliphatic rings. The highest BCUT2D eigenvalue weighted by Crippen LogP contribution is 2.44. The first-order valence-corrected chi connectivity index (χ1v) is 10.8. The maximum Gasteiger partial charge on any atom is 0.219 e. The van der Waals surface area contributed by atoms with Gasteiger partial charge in [0.2, 0.25) is 5.91 Å². The second-order valence-corrected chi connectivity index (χ2v) is 13.8. The van der Waals surface area contributed by atoms with E-state index < -0.39 is 8.07 Å². The molecule has 0 aromatic rings. The highest BCUT2D eigenvalue weighted by atomic mass is 28.3. The van der Waals surface area contributed by atoms with E-state index in [0.29, 0.717) is 12.3 Å². The Morgan fingerprint density at radius 2 is 1.35 bits per heavy atom.